The van der Waals surface area contributed by atoms with Crippen LogP contribution >= 0.6 is 0 Å². The molecule has 14 heavy (non-hydrogen) atoms. The first kappa shape index (κ1) is 10.8. The van der Waals surface area contributed by atoms with Gasteiger partial charge in [0, 0.05) is 12.2 Å². The van der Waals surface area contributed by atoms with Crippen molar-refractivity contribution in [2.24, 2.45) is 0 Å². The number of hydrogen-bond donors (Lipinski definition) is 0. The van der Waals surface area contributed by atoms with Gasteiger partial charge in [-0.1, -0.05) is 26.7 Å². The van der Waals surface area contributed by atoms with Crippen LogP contribution in [-0.4, -0.2) is 4.57 Å². The standard InChI is InChI=1S/C12H18N2/c1-3-5-9-14-11(6-4-2)7-8-12(14)10-13/h7-8H,3-6,9H2,1-2H3. The predicted molar refractivity (Wildman–Crippen MR) is 58.1 cm³/mol. The molecule has 1 rings (SSSR count). The summed E-state index contributed by atoms with van der Waals surface area (Å²) in [6, 6.07) is 6.26. The molecule has 0 N–H and O–H groups in total. The average molecular weight is 190 g/mol. The van der Waals surface area contributed by atoms with Crippen LogP contribution in [0.4, 0.5) is 0 Å². The lowest BCUT2D eigenvalue weighted by molar-refractivity contribution is 0.601. The molecule has 0 aliphatic carbocycles. The second kappa shape index (κ2) is 5.49. The van der Waals surface area contributed by atoms with Gasteiger partial charge < -0.3 is 4.57 Å². The minimum absolute atomic E-state index is 0.807. The van der Waals surface area contributed by atoms with Crippen molar-refractivity contribution in [3.05, 3.63) is 23.5 Å². The minimum Gasteiger partial charge on any atom is -0.337 e. The molecule has 0 amide bonds. The number of nitriles is 1. The molecule has 0 saturated carbocycles. The lowest BCUT2D eigenvalue weighted by Gasteiger charge is -2.08. The van der Waals surface area contributed by atoms with Crippen LogP contribution in [0.1, 0.15) is 44.5 Å². The molecule has 1 aromatic rings. The van der Waals surface area contributed by atoms with Crippen LogP contribution in [0, 0.1) is 11.3 Å². The smallest absolute Gasteiger partial charge is 0.120 e. The fourth-order valence-corrected chi connectivity index (χ4v) is 1.66. The lowest BCUT2D eigenvalue weighted by atomic mass is 10.2. The van der Waals surface area contributed by atoms with Crippen LogP contribution in [-0.2, 0) is 13.0 Å². The Morgan fingerprint density at radius 2 is 2.07 bits per heavy atom. The molecule has 0 saturated heterocycles. The molecule has 1 aromatic heterocycles. The van der Waals surface area contributed by atoms with Crippen LogP contribution in [0.25, 0.3) is 0 Å². The van der Waals surface area contributed by atoms with E-state index in [2.05, 4.69) is 30.6 Å². The van der Waals surface area contributed by atoms with Gasteiger partial charge in [0.05, 0.1) is 0 Å². The average Bonchev–Trinajstić information content (AvgIpc) is 2.58. The quantitative estimate of drug-likeness (QED) is 0.701. The van der Waals surface area contributed by atoms with E-state index < -0.39 is 0 Å². The maximum absolute atomic E-state index is 8.93. The molecule has 0 unspecified atom stereocenters. The third-order valence-electron chi connectivity index (χ3n) is 2.43. The molecule has 2 heteroatoms. The summed E-state index contributed by atoms with van der Waals surface area (Å²) in [7, 11) is 0. The Bertz CT molecular complexity index is 318. The second-order valence-corrected chi connectivity index (χ2v) is 3.58. The van der Waals surface area contributed by atoms with Gasteiger partial charge in [0.15, 0.2) is 0 Å². The Labute approximate surface area is 86.2 Å². The summed E-state index contributed by atoms with van der Waals surface area (Å²) in [6.07, 6.45) is 4.54. The molecule has 0 atom stereocenters. The number of rotatable bonds is 5. The van der Waals surface area contributed by atoms with Crippen LogP contribution < -0.4 is 0 Å². The fourth-order valence-electron chi connectivity index (χ4n) is 1.66. The number of hydrogen-bond acceptors (Lipinski definition) is 1. The van der Waals surface area contributed by atoms with Crippen molar-refractivity contribution >= 4 is 0 Å². The van der Waals surface area contributed by atoms with E-state index in [1.54, 1.807) is 0 Å². The number of nitrogens with zero attached hydrogens (tertiary/aromatic N) is 2. The third kappa shape index (κ3) is 2.38. The highest BCUT2D eigenvalue weighted by molar-refractivity contribution is 5.27. The van der Waals surface area contributed by atoms with E-state index in [1.807, 2.05) is 6.07 Å². The second-order valence-electron chi connectivity index (χ2n) is 3.58. The summed E-state index contributed by atoms with van der Waals surface area (Å²) in [5.74, 6) is 0. The summed E-state index contributed by atoms with van der Waals surface area (Å²) in [6.45, 7) is 5.33. The van der Waals surface area contributed by atoms with E-state index in [9.17, 15) is 0 Å². The molecule has 2 nitrogen and oxygen atoms in total. The van der Waals surface area contributed by atoms with Gasteiger partial charge in [-0.15, -0.1) is 0 Å². The monoisotopic (exact) mass is 190 g/mol. The first-order valence-electron chi connectivity index (χ1n) is 5.42. The van der Waals surface area contributed by atoms with Gasteiger partial charge in [0.1, 0.15) is 11.8 Å². The highest BCUT2D eigenvalue weighted by atomic mass is 15.0. The number of aromatic nitrogens is 1. The highest BCUT2D eigenvalue weighted by Gasteiger charge is 2.05. The van der Waals surface area contributed by atoms with Gasteiger partial charge >= 0.3 is 0 Å². The van der Waals surface area contributed by atoms with Crippen LogP contribution in [0.15, 0.2) is 12.1 Å². The van der Waals surface area contributed by atoms with Crippen molar-refractivity contribution < 1.29 is 0 Å². The fraction of sp³-hybridized carbons (Fsp3) is 0.583. The minimum atomic E-state index is 0.807. The molecular weight excluding hydrogens is 172 g/mol. The van der Waals surface area contributed by atoms with Gasteiger partial charge in [-0.2, -0.15) is 5.26 Å². The van der Waals surface area contributed by atoms with Gasteiger partial charge in [0.2, 0.25) is 0 Å². The molecule has 1 heterocycles. The molecule has 0 aliphatic heterocycles. The number of aryl methyl sites for hydroxylation is 1. The van der Waals surface area contributed by atoms with Crippen molar-refractivity contribution in [2.45, 2.75) is 46.1 Å². The zero-order chi connectivity index (χ0) is 10.4. The van der Waals surface area contributed by atoms with Crippen molar-refractivity contribution in [1.82, 2.24) is 4.57 Å². The molecule has 0 fully saturated rings. The largest absolute Gasteiger partial charge is 0.337 e. The van der Waals surface area contributed by atoms with Crippen LogP contribution in [0.5, 0.6) is 0 Å². The van der Waals surface area contributed by atoms with E-state index in [0.29, 0.717) is 0 Å². The van der Waals surface area contributed by atoms with Gasteiger partial charge in [0.25, 0.3) is 0 Å². The first-order valence-corrected chi connectivity index (χ1v) is 5.42. The van der Waals surface area contributed by atoms with Crippen molar-refractivity contribution in [2.75, 3.05) is 0 Å². The van der Waals surface area contributed by atoms with E-state index in [4.69, 9.17) is 5.26 Å². The molecule has 0 spiro atoms. The summed E-state index contributed by atoms with van der Waals surface area (Å²) in [5.41, 5.74) is 2.11. The Hall–Kier alpha value is -1.23. The molecular formula is C12H18N2. The summed E-state index contributed by atoms with van der Waals surface area (Å²) < 4.78 is 2.16. The van der Waals surface area contributed by atoms with E-state index in [-0.39, 0.29) is 0 Å². The van der Waals surface area contributed by atoms with E-state index in [1.165, 1.54) is 12.1 Å². The molecule has 76 valence electrons. The van der Waals surface area contributed by atoms with Crippen LogP contribution in [0.3, 0.4) is 0 Å². The van der Waals surface area contributed by atoms with Crippen LogP contribution in [0.2, 0.25) is 0 Å². The van der Waals surface area contributed by atoms with Gasteiger partial charge in [-0.25, -0.2) is 0 Å². The highest BCUT2D eigenvalue weighted by Crippen LogP contribution is 2.12. The van der Waals surface area contributed by atoms with E-state index >= 15 is 0 Å². The maximum Gasteiger partial charge on any atom is 0.120 e. The third-order valence-corrected chi connectivity index (χ3v) is 2.43. The SMILES string of the molecule is CCCCn1c(C#N)ccc1CCC. The first-order chi connectivity index (χ1) is 6.83. The molecule has 0 aromatic carbocycles. The molecule has 0 radical (unpaired) electrons. The van der Waals surface area contributed by atoms with Gasteiger partial charge in [-0.3, -0.25) is 0 Å². The van der Waals surface area contributed by atoms with Crippen molar-refractivity contribution in [3.8, 4) is 6.07 Å². The predicted octanol–water partition coefficient (Wildman–Crippen LogP) is 3.11. The number of unbranched alkanes of at least 4 members (excludes halogenated alkanes) is 1. The zero-order valence-corrected chi connectivity index (χ0v) is 9.08. The topological polar surface area (TPSA) is 28.7 Å². The summed E-state index contributed by atoms with van der Waals surface area (Å²) in [4.78, 5) is 0. The Kier molecular flexibility index (Phi) is 4.25. The Balaban J connectivity index is 2.83. The Morgan fingerprint density at radius 1 is 1.29 bits per heavy atom. The lowest BCUT2D eigenvalue weighted by Crippen LogP contribution is -2.05. The Morgan fingerprint density at radius 3 is 2.64 bits per heavy atom. The summed E-state index contributed by atoms with van der Waals surface area (Å²) in [5, 5.41) is 8.93. The van der Waals surface area contributed by atoms with Gasteiger partial charge in [-0.05, 0) is 25.0 Å². The van der Waals surface area contributed by atoms with Crippen molar-refractivity contribution in [1.29, 1.82) is 5.26 Å². The summed E-state index contributed by atoms with van der Waals surface area (Å²) >= 11 is 0. The normalized spacial score (nSPS) is 10.1. The van der Waals surface area contributed by atoms with E-state index in [0.717, 1.165) is 31.5 Å². The molecule has 0 bridgehead atoms. The maximum atomic E-state index is 8.93. The van der Waals surface area contributed by atoms with Crippen molar-refractivity contribution in [3.63, 3.8) is 0 Å². The zero-order valence-electron chi connectivity index (χ0n) is 9.08. The molecule has 0 aliphatic rings.